The summed E-state index contributed by atoms with van der Waals surface area (Å²) in [4.78, 5) is 4.14. The van der Waals surface area contributed by atoms with E-state index in [0.29, 0.717) is 5.69 Å². The summed E-state index contributed by atoms with van der Waals surface area (Å²) in [7, 11) is 0. The molecule has 1 heterocycles. The Hall–Kier alpha value is -1.26. The maximum Gasteiger partial charge on any atom is 0.123 e. The van der Waals surface area contributed by atoms with Gasteiger partial charge in [0, 0.05) is 10.9 Å². The average Bonchev–Trinajstić information content (AvgIpc) is 2.66. The van der Waals surface area contributed by atoms with Crippen molar-refractivity contribution in [3.05, 3.63) is 41.2 Å². The zero-order valence-electron chi connectivity index (χ0n) is 7.27. The van der Waals surface area contributed by atoms with Gasteiger partial charge >= 0.3 is 0 Å². The van der Waals surface area contributed by atoms with E-state index in [1.54, 1.807) is 17.5 Å². The van der Waals surface area contributed by atoms with Gasteiger partial charge in [0.05, 0.1) is 12.3 Å². The number of thiazole rings is 1. The predicted molar refractivity (Wildman–Crippen MR) is 53.4 cm³/mol. The first-order chi connectivity index (χ1) is 6.79. The molecule has 0 fully saturated rings. The van der Waals surface area contributed by atoms with Gasteiger partial charge in [-0.2, -0.15) is 0 Å². The number of halogens is 1. The molecule has 1 N–H and O–H groups in total. The smallest absolute Gasteiger partial charge is 0.123 e. The highest BCUT2D eigenvalue weighted by Crippen LogP contribution is 2.23. The van der Waals surface area contributed by atoms with Gasteiger partial charge in [-0.3, -0.25) is 0 Å². The second kappa shape index (κ2) is 3.86. The third-order valence-corrected chi connectivity index (χ3v) is 2.73. The monoisotopic (exact) mass is 209 g/mol. The quantitative estimate of drug-likeness (QED) is 0.824. The fourth-order valence-corrected chi connectivity index (χ4v) is 1.94. The maximum atomic E-state index is 12.9. The number of hydrogen-bond acceptors (Lipinski definition) is 3. The first kappa shape index (κ1) is 9.30. The van der Waals surface area contributed by atoms with E-state index < -0.39 is 0 Å². The Kier molecular flexibility index (Phi) is 2.56. The molecule has 0 saturated heterocycles. The van der Waals surface area contributed by atoms with Gasteiger partial charge in [-0.05, 0) is 12.1 Å². The van der Waals surface area contributed by atoms with Crippen LogP contribution in [0.2, 0.25) is 0 Å². The minimum Gasteiger partial charge on any atom is -0.390 e. The summed E-state index contributed by atoms with van der Waals surface area (Å²) < 4.78 is 12.9. The molecule has 0 aliphatic rings. The summed E-state index contributed by atoms with van der Waals surface area (Å²) in [6.45, 7) is -0.0776. The van der Waals surface area contributed by atoms with E-state index in [1.807, 2.05) is 0 Å². The van der Waals surface area contributed by atoms with Gasteiger partial charge in [0.1, 0.15) is 10.8 Å². The molecule has 0 amide bonds. The minimum atomic E-state index is -0.275. The molecule has 1 aromatic carbocycles. The fraction of sp³-hybridized carbons (Fsp3) is 0.100. The van der Waals surface area contributed by atoms with Crippen molar-refractivity contribution in [3.63, 3.8) is 0 Å². The first-order valence-electron chi connectivity index (χ1n) is 4.11. The van der Waals surface area contributed by atoms with Crippen molar-refractivity contribution in [2.45, 2.75) is 6.61 Å². The van der Waals surface area contributed by atoms with Crippen LogP contribution in [0, 0.1) is 5.82 Å². The van der Waals surface area contributed by atoms with Gasteiger partial charge in [0.15, 0.2) is 0 Å². The fourth-order valence-electron chi connectivity index (χ4n) is 1.13. The highest BCUT2D eigenvalue weighted by molar-refractivity contribution is 7.13. The Labute approximate surface area is 84.7 Å². The largest absolute Gasteiger partial charge is 0.390 e. The molecule has 4 heteroatoms. The molecule has 72 valence electrons. The van der Waals surface area contributed by atoms with E-state index >= 15 is 0 Å². The molecule has 0 bridgehead atoms. The highest BCUT2D eigenvalue weighted by atomic mass is 32.1. The number of rotatable bonds is 2. The predicted octanol–water partition coefficient (Wildman–Crippen LogP) is 2.44. The number of hydrogen-bond donors (Lipinski definition) is 1. The lowest BCUT2D eigenvalue weighted by atomic mass is 10.2. The Bertz CT molecular complexity index is 441. The molecule has 0 aliphatic carbocycles. The number of benzene rings is 1. The van der Waals surface area contributed by atoms with Crippen LogP contribution in [-0.2, 0) is 6.61 Å². The summed E-state index contributed by atoms with van der Waals surface area (Å²) >= 11 is 1.40. The lowest BCUT2D eigenvalue weighted by Gasteiger charge is -1.95. The van der Waals surface area contributed by atoms with Gasteiger partial charge in [0.25, 0.3) is 0 Å². The molecule has 0 aliphatic heterocycles. The zero-order chi connectivity index (χ0) is 9.97. The lowest BCUT2D eigenvalue weighted by molar-refractivity contribution is 0.278. The van der Waals surface area contributed by atoms with Gasteiger partial charge in [-0.25, -0.2) is 9.37 Å². The number of aliphatic hydroxyl groups is 1. The number of aromatic nitrogens is 1. The average molecular weight is 209 g/mol. The molecule has 2 rings (SSSR count). The normalized spacial score (nSPS) is 10.4. The lowest BCUT2D eigenvalue weighted by Crippen LogP contribution is -1.83. The van der Waals surface area contributed by atoms with Crippen LogP contribution in [0.4, 0.5) is 4.39 Å². The molecule has 0 radical (unpaired) electrons. The Morgan fingerprint density at radius 1 is 1.43 bits per heavy atom. The molecule has 0 atom stereocenters. The van der Waals surface area contributed by atoms with Crippen molar-refractivity contribution < 1.29 is 9.50 Å². The SMILES string of the molecule is OCc1csc(-c2cccc(F)c2)n1. The summed E-state index contributed by atoms with van der Waals surface area (Å²) in [5.74, 6) is -0.275. The Morgan fingerprint density at radius 2 is 2.29 bits per heavy atom. The molecular formula is C10H8FNOS. The van der Waals surface area contributed by atoms with Gasteiger partial charge in [-0.15, -0.1) is 11.3 Å². The third kappa shape index (κ3) is 1.81. The summed E-state index contributed by atoms with van der Waals surface area (Å²) in [6.07, 6.45) is 0. The Morgan fingerprint density at radius 3 is 2.93 bits per heavy atom. The second-order valence-corrected chi connectivity index (χ2v) is 3.67. The van der Waals surface area contributed by atoms with Crippen LogP contribution < -0.4 is 0 Å². The van der Waals surface area contributed by atoms with Crippen LogP contribution >= 0.6 is 11.3 Å². The summed E-state index contributed by atoms with van der Waals surface area (Å²) in [5.41, 5.74) is 1.36. The highest BCUT2D eigenvalue weighted by Gasteiger charge is 2.04. The van der Waals surface area contributed by atoms with Crippen LogP contribution in [0.5, 0.6) is 0 Å². The van der Waals surface area contributed by atoms with E-state index in [-0.39, 0.29) is 12.4 Å². The van der Waals surface area contributed by atoms with E-state index in [2.05, 4.69) is 4.98 Å². The van der Waals surface area contributed by atoms with E-state index in [0.717, 1.165) is 10.6 Å². The van der Waals surface area contributed by atoms with E-state index in [4.69, 9.17) is 5.11 Å². The molecule has 1 aromatic heterocycles. The van der Waals surface area contributed by atoms with Crippen molar-refractivity contribution in [1.29, 1.82) is 0 Å². The standard InChI is InChI=1S/C10H8FNOS/c11-8-3-1-2-7(4-8)10-12-9(5-13)6-14-10/h1-4,6,13H,5H2. The second-order valence-electron chi connectivity index (χ2n) is 2.81. The van der Waals surface area contributed by atoms with E-state index in [9.17, 15) is 4.39 Å². The molecule has 0 spiro atoms. The van der Waals surface area contributed by atoms with Crippen LogP contribution in [0.15, 0.2) is 29.6 Å². The van der Waals surface area contributed by atoms with Crippen LogP contribution in [0.3, 0.4) is 0 Å². The molecule has 2 nitrogen and oxygen atoms in total. The van der Waals surface area contributed by atoms with Crippen LogP contribution in [-0.4, -0.2) is 10.1 Å². The van der Waals surface area contributed by atoms with Crippen molar-refractivity contribution >= 4 is 11.3 Å². The summed E-state index contributed by atoms with van der Waals surface area (Å²) in [6, 6.07) is 6.26. The molecule has 0 saturated carbocycles. The zero-order valence-corrected chi connectivity index (χ0v) is 8.09. The molecular weight excluding hydrogens is 201 g/mol. The summed E-state index contributed by atoms with van der Waals surface area (Å²) in [5, 5.41) is 11.3. The Balaban J connectivity index is 2.39. The van der Waals surface area contributed by atoms with Gasteiger partial charge in [-0.1, -0.05) is 12.1 Å². The van der Waals surface area contributed by atoms with Gasteiger partial charge < -0.3 is 5.11 Å². The number of nitrogens with zero attached hydrogens (tertiary/aromatic N) is 1. The van der Waals surface area contributed by atoms with E-state index in [1.165, 1.54) is 23.5 Å². The molecule has 0 unspecified atom stereocenters. The molecule has 2 aromatic rings. The van der Waals surface area contributed by atoms with Crippen molar-refractivity contribution in [2.24, 2.45) is 0 Å². The first-order valence-corrected chi connectivity index (χ1v) is 4.99. The topological polar surface area (TPSA) is 33.1 Å². The van der Waals surface area contributed by atoms with Crippen LogP contribution in [0.25, 0.3) is 10.6 Å². The van der Waals surface area contributed by atoms with Crippen molar-refractivity contribution in [2.75, 3.05) is 0 Å². The maximum absolute atomic E-state index is 12.9. The minimum absolute atomic E-state index is 0.0776. The molecule has 14 heavy (non-hydrogen) atoms. The van der Waals surface area contributed by atoms with Gasteiger partial charge in [0.2, 0.25) is 0 Å². The van der Waals surface area contributed by atoms with Crippen molar-refractivity contribution in [1.82, 2.24) is 4.98 Å². The van der Waals surface area contributed by atoms with Crippen LogP contribution in [0.1, 0.15) is 5.69 Å². The third-order valence-electron chi connectivity index (χ3n) is 1.79. The van der Waals surface area contributed by atoms with Crippen molar-refractivity contribution in [3.8, 4) is 10.6 Å². The number of aliphatic hydroxyl groups excluding tert-OH is 1.